The number of carbonyl (C=O) groups is 1. The molecule has 0 aliphatic heterocycles. The van der Waals surface area contributed by atoms with E-state index in [0.717, 1.165) is 25.9 Å². The van der Waals surface area contributed by atoms with Crippen LogP contribution < -0.4 is 4.74 Å². The summed E-state index contributed by atoms with van der Waals surface area (Å²) < 4.78 is 24.5. The van der Waals surface area contributed by atoms with Gasteiger partial charge in [-0.2, -0.15) is 5.26 Å². The van der Waals surface area contributed by atoms with Gasteiger partial charge < -0.3 is 18.3 Å². The Morgan fingerprint density at radius 3 is 2.29 bits per heavy atom. The molecule has 1 heterocycles. The molecule has 0 radical (unpaired) electrons. The molecule has 0 saturated heterocycles. The van der Waals surface area contributed by atoms with E-state index in [9.17, 15) is 10.1 Å². The molecule has 0 atom stereocenters. The number of esters is 1. The first-order chi connectivity index (χ1) is 19.8. The second-order valence-electron chi connectivity index (χ2n) is 12.0. The van der Waals surface area contributed by atoms with Crippen LogP contribution in [0.4, 0.5) is 0 Å². The molecular formula is C34H48INO5Si. The van der Waals surface area contributed by atoms with Gasteiger partial charge in [-0.25, -0.2) is 0 Å². The number of furan rings is 1. The summed E-state index contributed by atoms with van der Waals surface area (Å²) >= 11 is 2.27. The summed E-state index contributed by atoms with van der Waals surface area (Å²) in [6.45, 7) is 18.4. The fraction of sp³-hybridized carbons (Fsp3) is 0.529. The Bertz CT molecular complexity index is 1330. The molecule has 6 nitrogen and oxygen atoms in total. The highest BCUT2D eigenvalue weighted by Crippen LogP contribution is 2.37. The van der Waals surface area contributed by atoms with Crippen LogP contribution in [0.5, 0.6) is 5.75 Å². The van der Waals surface area contributed by atoms with Crippen LogP contribution in [0.3, 0.4) is 0 Å². The van der Waals surface area contributed by atoms with Crippen LogP contribution in [0.25, 0.3) is 11.0 Å². The predicted molar refractivity (Wildman–Crippen MR) is 181 cm³/mol. The molecule has 3 aromatic rings. The van der Waals surface area contributed by atoms with Crippen LogP contribution in [0.15, 0.2) is 40.8 Å². The molecule has 3 rings (SSSR count). The SMILES string of the molecule is CCCCCCC.CCOC(=O)Cc1ccc(C#N)cc1OCc1cc(I)c2oc(CO[Si](C)(C)C(C)(C)C)cc2c1. The second kappa shape index (κ2) is 17.1. The number of carbonyl (C=O) groups excluding carboxylic acids is 1. The quantitative estimate of drug-likeness (QED) is 0.0762. The average Bonchev–Trinajstić information content (AvgIpc) is 3.35. The maximum absolute atomic E-state index is 12.0. The number of ether oxygens (including phenoxy) is 2. The van der Waals surface area contributed by atoms with E-state index >= 15 is 0 Å². The van der Waals surface area contributed by atoms with Gasteiger partial charge in [-0.1, -0.05) is 72.8 Å². The molecule has 0 unspecified atom stereocenters. The zero-order chi connectivity index (χ0) is 31.3. The zero-order valence-electron chi connectivity index (χ0n) is 26.7. The maximum Gasteiger partial charge on any atom is 0.310 e. The number of nitriles is 1. The number of unbranched alkanes of at least 4 members (excludes halogenated alkanes) is 4. The molecule has 0 bridgehead atoms. The van der Waals surface area contributed by atoms with Crippen LogP contribution >= 0.6 is 22.6 Å². The summed E-state index contributed by atoms with van der Waals surface area (Å²) in [5.74, 6) is 0.978. The van der Waals surface area contributed by atoms with Crippen molar-refractivity contribution in [3.8, 4) is 11.8 Å². The van der Waals surface area contributed by atoms with Gasteiger partial charge in [-0.05, 0) is 83.5 Å². The highest BCUT2D eigenvalue weighted by atomic mass is 127. The van der Waals surface area contributed by atoms with E-state index in [-0.39, 0.29) is 24.0 Å². The highest BCUT2D eigenvalue weighted by molar-refractivity contribution is 14.1. The number of benzene rings is 2. The Morgan fingerprint density at radius 1 is 1.00 bits per heavy atom. The number of halogens is 1. The Morgan fingerprint density at radius 2 is 1.69 bits per heavy atom. The summed E-state index contributed by atoms with van der Waals surface area (Å²) in [4.78, 5) is 12.0. The fourth-order valence-corrected chi connectivity index (χ4v) is 5.71. The smallest absolute Gasteiger partial charge is 0.310 e. The summed E-state index contributed by atoms with van der Waals surface area (Å²) in [6.07, 6.45) is 7.10. The third-order valence-corrected chi connectivity index (χ3v) is 12.8. The van der Waals surface area contributed by atoms with E-state index in [1.165, 1.54) is 32.1 Å². The van der Waals surface area contributed by atoms with Crippen molar-refractivity contribution in [2.24, 2.45) is 0 Å². The first-order valence-electron chi connectivity index (χ1n) is 15.0. The van der Waals surface area contributed by atoms with Gasteiger partial charge in [0.1, 0.15) is 23.7 Å². The van der Waals surface area contributed by atoms with Crippen molar-refractivity contribution in [3.63, 3.8) is 0 Å². The van der Waals surface area contributed by atoms with E-state index < -0.39 is 8.32 Å². The molecule has 0 aliphatic carbocycles. The van der Waals surface area contributed by atoms with E-state index in [1.807, 2.05) is 18.2 Å². The van der Waals surface area contributed by atoms with Gasteiger partial charge in [0, 0.05) is 10.9 Å². The Labute approximate surface area is 267 Å². The maximum atomic E-state index is 12.0. The molecular weight excluding hydrogens is 657 g/mol. The number of fused-ring (bicyclic) bond motifs is 1. The van der Waals surface area contributed by atoms with Crippen LogP contribution in [0, 0.1) is 14.9 Å². The molecule has 2 aromatic carbocycles. The third-order valence-electron chi connectivity index (χ3n) is 7.50. The molecule has 0 aliphatic rings. The minimum atomic E-state index is -1.88. The molecule has 0 N–H and O–H groups in total. The topological polar surface area (TPSA) is 81.7 Å². The van der Waals surface area contributed by atoms with Crippen molar-refractivity contribution in [2.75, 3.05) is 6.61 Å². The van der Waals surface area contributed by atoms with Crippen molar-refractivity contribution in [1.82, 2.24) is 0 Å². The van der Waals surface area contributed by atoms with E-state index in [1.54, 1.807) is 25.1 Å². The van der Waals surface area contributed by atoms with Crippen molar-refractivity contribution in [1.29, 1.82) is 5.26 Å². The Hall–Kier alpha value is -2.35. The average molecular weight is 706 g/mol. The van der Waals surface area contributed by atoms with Crippen LogP contribution in [0.2, 0.25) is 18.1 Å². The molecule has 42 heavy (non-hydrogen) atoms. The van der Waals surface area contributed by atoms with E-state index in [0.29, 0.717) is 30.1 Å². The second-order valence-corrected chi connectivity index (χ2v) is 18.0. The van der Waals surface area contributed by atoms with Gasteiger partial charge in [-0.15, -0.1) is 0 Å². The van der Waals surface area contributed by atoms with Crippen molar-refractivity contribution in [3.05, 3.63) is 62.4 Å². The van der Waals surface area contributed by atoms with Gasteiger partial charge in [0.05, 0.1) is 34.8 Å². The molecule has 0 saturated carbocycles. The molecule has 0 fully saturated rings. The van der Waals surface area contributed by atoms with Crippen LogP contribution in [-0.4, -0.2) is 20.9 Å². The molecule has 230 valence electrons. The fourth-order valence-electron chi connectivity index (χ4n) is 3.95. The Balaban J connectivity index is 0.000000782. The lowest BCUT2D eigenvalue weighted by atomic mass is 10.1. The largest absolute Gasteiger partial charge is 0.489 e. The minimum absolute atomic E-state index is 0.0881. The normalized spacial score (nSPS) is 11.5. The van der Waals surface area contributed by atoms with Gasteiger partial charge in [-0.3, -0.25) is 4.79 Å². The summed E-state index contributed by atoms with van der Waals surface area (Å²) in [5.41, 5.74) is 2.95. The number of rotatable bonds is 13. The molecule has 0 amide bonds. The van der Waals surface area contributed by atoms with E-state index in [4.69, 9.17) is 18.3 Å². The first kappa shape index (κ1) is 35.8. The zero-order valence-corrected chi connectivity index (χ0v) is 29.9. The lowest BCUT2D eigenvalue weighted by Gasteiger charge is -2.35. The standard InChI is InChI=1S/C27H32INO5Si.C7H16/c1-7-31-25(30)14-20-9-8-18(15-29)12-24(20)32-16-19-10-21-13-22(34-26(21)23(28)11-19)17-33-35(5,6)27(2,3)4;1-3-5-7-6-4-2/h8-13H,7,14,16-17H2,1-6H3;3-7H2,1-2H3. The predicted octanol–water partition coefficient (Wildman–Crippen LogP) is 10.1. The summed E-state index contributed by atoms with van der Waals surface area (Å²) in [6, 6.07) is 13.3. The lowest BCUT2D eigenvalue weighted by molar-refractivity contribution is -0.142. The number of hydrogen-bond donors (Lipinski definition) is 0. The van der Waals surface area contributed by atoms with Crippen LogP contribution in [-0.2, 0) is 33.6 Å². The van der Waals surface area contributed by atoms with Crippen molar-refractivity contribution >= 4 is 47.8 Å². The van der Waals surface area contributed by atoms with E-state index in [2.05, 4.69) is 76.4 Å². The van der Waals surface area contributed by atoms with Crippen molar-refractivity contribution in [2.45, 2.75) is 111 Å². The highest BCUT2D eigenvalue weighted by Gasteiger charge is 2.37. The Kier molecular flexibility index (Phi) is 14.6. The van der Waals surface area contributed by atoms with Gasteiger partial charge in [0.15, 0.2) is 8.32 Å². The lowest BCUT2D eigenvalue weighted by Crippen LogP contribution is -2.40. The van der Waals surface area contributed by atoms with Gasteiger partial charge >= 0.3 is 5.97 Å². The van der Waals surface area contributed by atoms with Gasteiger partial charge in [0.2, 0.25) is 0 Å². The summed E-state index contributed by atoms with van der Waals surface area (Å²) in [5, 5.41) is 10.4. The monoisotopic (exact) mass is 705 g/mol. The molecule has 0 spiro atoms. The van der Waals surface area contributed by atoms with Crippen molar-refractivity contribution < 1.29 is 23.1 Å². The number of nitrogens with zero attached hydrogens (tertiary/aromatic N) is 1. The summed E-state index contributed by atoms with van der Waals surface area (Å²) in [7, 11) is -1.88. The van der Waals surface area contributed by atoms with Gasteiger partial charge in [0.25, 0.3) is 0 Å². The third kappa shape index (κ3) is 11.0. The molecule has 8 heteroatoms. The molecule has 1 aromatic heterocycles. The number of hydrogen-bond acceptors (Lipinski definition) is 6. The minimum Gasteiger partial charge on any atom is -0.489 e. The van der Waals surface area contributed by atoms with Crippen LogP contribution in [0.1, 0.15) is 96.1 Å². The first-order valence-corrected chi connectivity index (χ1v) is 19.0.